The highest BCUT2D eigenvalue weighted by Gasteiger charge is 2.38. The Bertz CT molecular complexity index is 183. The lowest BCUT2D eigenvalue weighted by atomic mass is 9.63. The van der Waals surface area contributed by atoms with Gasteiger partial charge in [0, 0.05) is 12.2 Å². The minimum absolute atomic E-state index is 0.488. The van der Waals surface area contributed by atoms with Crippen LogP contribution in [0.1, 0.15) is 40.5 Å². The van der Waals surface area contributed by atoms with Crippen molar-refractivity contribution >= 4 is 0 Å². The normalized spacial score (nSPS) is 22.2. The van der Waals surface area contributed by atoms with Gasteiger partial charge in [-0.2, -0.15) is 0 Å². The number of hydrogen-bond donors (Lipinski definition) is 1. The van der Waals surface area contributed by atoms with Crippen molar-refractivity contribution in [2.75, 3.05) is 6.54 Å². The van der Waals surface area contributed by atoms with E-state index in [1.54, 1.807) is 0 Å². The van der Waals surface area contributed by atoms with Crippen LogP contribution in [0.5, 0.6) is 0 Å². The Morgan fingerprint density at radius 1 is 1.23 bits per heavy atom. The van der Waals surface area contributed by atoms with E-state index in [1.807, 2.05) is 0 Å². The van der Waals surface area contributed by atoms with Gasteiger partial charge in [-0.1, -0.05) is 34.3 Å². The molecule has 0 unspecified atom stereocenters. The van der Waals surface area contributed by atoms with Gasteiger partial charge in [-0.15, -0.1) is 0 Å². The van der Waals surface area contributed by atoms with E-state index in [4.69, 9.17) is 0 Å². The van der Waals surface area contributed by atoms with Gasteiger partial charge in [-0.3, -0.25) is 0 Å². The summed E-state index contributed by atoms with van der Waals surface area (Å²) in [5.41, 5.74) is 1.72. The number of rotatable bonds is 2. The first-order valence-electron chi connectivity index (χ1n) is 5.40. The zero-order valence-electron chi connectivity index (χ0n) is 9.48. The third-order valence-corrected chi connectivity index (χ3v) is 3.81. The number of piperidine rings is 1. The van der Waals surface area contributed by atoms with Crippen LogP contribution < -0.4 is 5.32 Å². The van der Waals surface area contributed by atoms with E-state index < -0.39 is 0 Å². The smallest absolute Gasteiger partial charge is 0.0149 e. The van der Waals surface area contributed by atoms with Gasteiger partial charge in [-0.05, 0) is 30.1 Å². The van der Waals surface area contributed by atoms with Crippen molar-refractivity contribution in [3.05, 3.63) is 12.3 Å². The number of nitrogens with one attached hydrogen (secondary N) is 1. The fraction of sp³-hybridized carbons (Fsp3) is 0.833. The second-order valence-corrected chi connectivity index (χ2v) is 5.00. The first kappa shape index (κ1) is 10.6. The molecule has 0 radical (unpaired) electrons. The summed E-state index contributed by atoms with van der Waals surface area (Å²) in [7, 11) is 0. The van der Waals surface area contributed by atoms with E-state index in [2.05, 4.69) is 39.6 Å². The summed E-state index contributed by atoms with van der Waals surface area (Å²) in [6.07, 6.45) is 2.45. The standard InChI is InChI=1S/C12H23N/c1-9(2)12(10(3)4)6-7-13-11(5)8-12/h9-10,13H,5-8H2,1-4H3. The van der Waals surface area contributed by atoms with Crippen LogP contribution in [0.15, 0.2) is 12.3 Å². The Kier molecular flexibility index (Phi) is 3.05. The lowest BCUT2D eigenvalue weighted by Crippen LogP contribution is -2.42. The van der Waals surface area contributed by atoms with Gasteiger partial charge in [0.1, 0.15) is 0 Å². The van der Waals surface area contributed by atoms with E-state index in [9.17, 15) is 0 Å². The van der Waals surface area contributed by atoms with Crippen LogP contribution in [0.3, 0.4) is 0 Å². The highest BCUT2D eigenvalue weighted by atomic mass is 14.9. The highest BCUT2D eigenvalue weighted by molar-refractivity contribution is 5.05. The van der Waals surface area contributed by atoms with Gasteiger partial charge >= 0.3 is 0 Å². The summed E-state index contributed by atoms with van der Waals surface area (Å²) in [6.45, 7) is 14.6. The molecule has 1 heterocycles. The average Bonchev–Trinajstić information content (AvgIpc) is 2.03. The molecule has 76 valence electrons. The van der Waals surface area contributed by atoms with Crippen molar-refractivity contribution in [3.8, 4) is 0 Å². The van der Waals surface area contributed by atoms with Crippen molar-refractivity contribution in [1.82, 2.24) is 5.32 Å². The first-order valence-corrected chi connectivity index (χ1v) is 5.40. The molecule has 1 heteroatoms. The molecule has 13 heavy (non-hydrogen) atoms. The maximum absolute atomic E-state index is 4.06. The van der Waals surface area contributed by atoms with Gasteiger partial charge in [0.15, 0.2) is 0 Å². The van der Waals surface area contributed by atoms with Crippen LogP contribution in [-0.2, 0) is 0 Å². The van der Waals surface area contributed by atoms with Crippen molar-refractivity contribution in [2.45, 2.75) is 40.5 Å². The molecule has 0 aliphatic carbocycles. The Morgan fingerprint density at radius 3 is 2.08 bits per heavy atom. The number of hydrogen-bond acceptors (Lipinski definition) is 1. The topological polar surface area (TPSA) is 12.0 Å². The molecular weight excluding hydrogens is 158 g/mol. The molecule has 0 aromatic heterocycles. The Hall–Kier alpha value is -0.460. The van der Waals surface area contributed by atoms with E-state index in [0.717, 1.165) is 24.8 Å². The molecule has 0 aromatic rings. The quantitative estimate of drug-likeness (QED) is 0.690. The predicted octanol–water partition coefficient (Wildman–Crippen LogP) is 3.18. The van der Waals surface area contributed by atoms with Crippen LogP contribution >= 0.6 is 0 Å². The summed E-state index contributed by atoms with van der Waals surface area (Å²) in [6, 6.07) is 0. The molecule has 1 fully saturated rings. The molecule has 1 N–H and O–H groups in total. The summed E-state index contributed by atoms with van der Waals surface area (Å²) >= 11 is 0. The summed E-state index contributed by atoms with van der Waals surface area (Å²) in [5, 5.41) is 3.35. The monoisotopic (exact) mass is 181 g/mol. The Balaban J connectivity index is 2.83. The molecule has 0 saturated carbocycles. The van der Waals surface area contributed by atoms with Crippen molar-refractivity contribution < 1.29 is 0 Å². The minimum Gasteiger partial charge on any atom is -0.389 e. The molecule has 1 saturated heterocycles. The van der Waals surface area contributed by atoms with Gasteiger partial charge in [0.2, 0.25) is 0 Å². The minimum atomic E-state index is 0.488. The van der Waals surface area contributed by atoms with E-state index in [-0.39, 0.29) is 0 Å². The van der Waals surface area contributed by atoms with Crippen LogP contribution in [0, 0.1) is 17.3 Å². The van der Waals surface area contributed by atoms with Crippen molar-refractivity contribution in [1.29, 1.82) is 0 Å². The van der Waals surface area contributed by atoms with E-state index in [0.29, 0.717) is 5.41 Å². The maximum Gasteiger partial charge on any atom is 0.0149 e. The Morgan fingerprint density at radius 2 is 1.77 bits per heavy atom. The third-order valence-electron chi connectivity index (χ3n) is 3.81. The second kappa shape index (κ2) is 3.73. The molecule has 0 amide bonds. The van der Waals surface area contributed by atoms with Gasteiger partial charge in [0.05, 0.1) is 0 Å². The second-order valence-electron chi connectivity index (χ2n) is 5.00. The average molecular weight is 181 g/mol. The van der Waals surface area contributed by atoms with Crippen molar-refractivity contribution in [2.24, 2.45) is 17.3 Å². The molecule has 0 atom stereocenters. The zero-order valence-corrected chi connectivity index (χ0v) is 9.48. The van der Waals surface area contributed by atoms with E-state index >= 15 is 0 Å². The van der Waals surface area contributed by atoms with E-state index in [1.165, 1.54) is 12.1 Å². The number of allylic oxidation sites excluding steroid dienone is 1. The largest absolute Gasteiger partial charge is 0.389 e. The van der Waals surface area contributed by atoms with Crippen LogP contribution in [-0.4, -0.2) is 6.54 Å². The molecule has 1 nitrogen and oxygen atoms in total. The molecule has 1 aliphatic rings. The van der Waals surface area contributed by atoms with Gasteiger partial charge < -0.3 is 5.32 Å². The summed E-state index contributed by atoms with van der Waals surface area (Å²) in [4.78, 5) is 0. The van der Waals surface area contributed by atoms with Crippen LogP contribution in [0.25, 0.3) is 0 Å². The molecule has 1 rings (SSSR count). The zero-order chi connectivity index (χ0) is 10.1. The van der Waals surface area contributed by atoms with Crippen molar-refractivity contribution in [3.63, 3.8) is 0 Å². The first-order chi connectivity index (χ1) is 5.99. The molecule has 0 bridgehead atoms. The molecule has 1 aliphatic heterocycles. The summed E-state index contributed by atoms with van der Waals surface area (Å²) in [5.74, 6) is 1.51. The highest BCUT2D eigenvalue weighted by Crippen LogP contribution is 2.45. The predicted molar refractivity (Wildman–Crippen MR) is 58.5 cm³/mol. The maximum atomic E-state index is 4.06. The third kappa shape index (κ3) is 1.90. The molecule has 0 spiro atoms. The fourth-order valence-corrected chi connectivity index (χ4v) is 2.67. The summed E-state index contributed by atoms with van der Waals surface area (Å²) < 4.78 is 0. The van der Waals surface area contributed by atoms with Gasteiger partial charge in [0.25, 0.3) is 0 Å². The fourth-order valence-electron chi connectivity index (χ4n) is 2.67. The SMILES string of the molecule is C=C1CC(C(C)C)(C(C)C)CCN1. The lowest BCUT2D eigenvalue weighted by molar-refractivity contribution is 0.0821. The van der Waals surface area contributed by atoms with Crippen LogP contribution in [0.2, 0.25) is 0 Å². The van der Waals surface area contributed by atoms with Gasteiger partial charge in [-0.25, -0.2) is 0 Å². The Labute approximate surface area is 82.6 Å². The molecular formula is C12H23N. The van der Waals surface area contributed by atoms with Crippen LogP contribution in [0.4, 0.5) is 0 Å². The molecule has 0 aromatic carbocycles. The lowest BCUT2D eigenvalue weighted by Gasteiger charge is -2.45.